The highest BCUT2D eigenvalue weighted by atomic mass is 19.1. The molecule has 0 amide bonds. The Morgan fingerprint density at radius 2 is 1.81 bits per heavy atom. The Hall–Kier alpha value is -2.96. The van der Waals surface area contributed by atoms with Crippen molar-refractivity contribution >= 4 is 11.5 Å². The van der Waals surface area contributed by atoms with Crippen LogP contribution in [0, 0.1) is 11.7 Å². The first-order valence-corrected chi connectivity index (χ1v) is 16.3. The molecule has 1 aliphatic carbocycles. The second-order valence-electron chi connectivity index (χ2n) is 11.7. The average molecular weight is 593 g/mol. The second kappa shape index (κ2) is 18.0. The molecule has 3 unspecified atom stereocenters. The predicted molar refractivity (Wildman–Crippen MR) is 176 cm³/mol. The summed E-state index contributed by atoms with van der Waals surface area (Å²) in [5.74, 6) is 1.32. The zero-order valence-electron chi connectivity index (χ0n) is 27.2. The van der Waals surface area contributed by atoms with E-state index in [-0.39, 0.29) is 30.7 Å². The molecule has 1 saturated heterocycles. The number of carbonyl (C=O) groups is 1. The molecule has 2 aliphatic rings. The number of ketones is 1. The standard InChI is InChI=1S/C35H47FN2O3.C2H6/c1-5-40-24-33(39)17-15-29-14-16-31(22-34(29)36)37-19-18-28-12-13-30(35(21-28)41-25(2)3)23-38-26(4)10-11-27-8-6-7-9-32(38)20-27;1-2/h6-9,12-14,16,21-22,25-27,32,37H,5,10-11,15,17-20,23-24H2,1-4H3;1-2H3. The maximum absolute atomic E-state index is 14.7. The number of halogens is 1. The number of ether oxygens (including phenoxy) is 2. The van der Waals surface area contributed by atoms with Gasteiger partial charge in [0.1, 0.15) is 18.2 Å². The van der Waals surface area contributed by atoms with Crippen molar-refractivity contribution in [3.63, 3.8) is 0 Å². The zero-order chi connectivity index (χ0) is 31.2. The van der Waals surface area contributed by atoms with Crippen LogP contribution in [-0.2, 0) is 28.9 Å². The van der Waals surface area contributed by atoms with Crippen LogP contribution in [0.25, 0.3) is 0 Å². The maximum atomic E-state index is 14.7. The fourth-order valence-electron chi connectivity index (χ4n) is 5.78. The quantitative estimate of drug-likeness (QED) is 0.239. The van der Waals surface area contributed by atoms with Gasteiger partial charge in [0.2, 0.25) is 0 Å². The van der Waals surface area contributed by atoms with Crippen molar-refractivity contribution in [1.29, 1.82) is 0 Å². The molecule has 2 aromatic carbocycles. The normalized spacial score (nSPS) is 19.8. The summed E-state index contributed by atoms with van der Waals surface area (Å²) in [6, 6.07) is 12.7. The van der Waals surface area contributed by atoms with Crippen LogP contribution in [0.15, 0.2) is 60.7 Å². The summed E-state index contributed by atoms with van der Waals surface area (Å²) in [7, 11) is 0. The summed E-state index contributed by atoms with van der Waals surface area (Å²) in [6.07, 6.45) is 14.3. The lowest BCUT2D eigenvalue weighted by Gasteiger charge is -2.34. The van der Waals surface area contributed by atoms with Crippen molar-refractivity contribution in [2.75, 3.05) is 25.1 Å². The molecule has 0 spiro atoms. The Bertz CT molecular complexity index is 1210. The van der Waals surface area contributed by atoms with Crippen LogP contribution < -0.4 is 10.1 Å². The van der Waals surface area contributed by atoms with Crippen LogP contribution in [0.4, 0.5) is 10.1 Å². The maximum Gasteiger partial charge on any atom is 0.158 e. The minimum Gasteiger partial charge on any atom is -0.491 e. The Morgan fingerprint density at radius 3 is 2.56 bits per heavy atom. The molecule has 1 N–H and O–H groups in total. The summed E-state index contributed by atoms with van der Waals surface area (Å²) in [5.41, 5.74) is 3.70. The third kappa shape index (κ3) is 10.9. The molecule has 236 valence electrons. The van der Waals surface area contributed by atoms with Crippen LogP contribution in [0.5, 0.6) is 5.75 Å². The van der Waals surface area contributed by atoms with E-state index >= 15 is 0 Å². The third-order valence-corrected chi connectivity index (χ3v) is 8.10. The molecule has 5 nitrogen and oxygen atoms in total. The fourth-order valence-corrected chi connectivity index (χ4v) is 5.78. The Morgan fingerprint density at radius 1 is 1.05 bits per heavy atom. The fraction of sp³-hybridized carbons (Fsp3) is 0.541. The molecule has 1 heterocycles. The largest absolute Gasteiger partial charge is 0.491 e. The van der Waals surface area contributed by atoms with Gasteiger partial charge in [0, 0.05) is 49.5 Å². The Kier molecular flexibility index (Phi) is 14.4. The van der Waals surface area contributed by atoms with Crippen LogP contribution in [0.2, 0.25) is 0 Å². The number of hydrogen-bond donors (Lipinski definition) is 1. The number of hydrogen-bond acceptors (Lipinski definition) is 5. The molecule has 0 radical (unpaired) electrons. The molecule has 2 aromatic rings. The number of likely N-dealkylation sites (tertiary alicyclic amines) is 1. The van der Waals surface area contributed by atoms with Crippen LogP contribution >= 0.6 is 0 Å². The number of nitrogens with zero attached hydrogens (tertiary/aromatic N) is 1. The molecule has 0 aromatic heterocycles. The predicted octanol–water partition coefficient (Wildman–Crippen LogP) is 8.32. The summed E-state index contributed by atoms with van der Waals surface area (Å²) in [5, 5.41) is 3.35. The minimum atomic E-state index is -0.287. The Balaban J connectivity index is 0.00000248. The molecule has 3 atom stereocenters. The van der Waals surface area contributed by atoms with E-state index in [1.165, 1.54) is 36.5 Å². The van der Waals surface area contributed by atoms with Crippen molar-refractivity contribution in [1.82, 2.24) is 4.90 Å². The number of fused-ring (bicyclic) bond motifs is 2. The number of anilines is 1. The van der Waals surface area contributed by atoms with Gasteiger partial charge in [-0.3, -0.25) is 9.69 Å². The van der Waals surface area contributed by atoms with Crippen LogP contribution in [-0.4, -0.2) is 48.6 Å². The lowest BCUT2D eigenvalue weighted by Crippen LogP contribution is -2.39. The summed E-state index contributed by atoms with van der Waals surface area (Å²) < 4.78 is 26.1. The van der Waals surface area contributed by atoms with Crippen molar-refractivity contribution in [2.24, 2.45) is 5.92 Å². The second-order valence-corrected chi connectivity index (χ2v) is 11.7. The first kappa shape index (κ1) is 34.5. The van der Waals surface area contributed by atoms with Crippen LogP contribution in [0.1, 0.15) is 83.9 Å². The summed E-state index contributed by atoms with van der Waals surface area (Å²) in [4.78, 5) is 14.5. The highest BCUT2D eigenvalue weighted by Gasteiger charge is 2.29. The van der Waals surface area contributed by atoms with Crippen molar-refractivity contribution in [3.8, 4) is 5.75 Å². The van der Waals surface area contributed by atoms with E-state index in [0.717, 1.165) is 24.4 Å². The van der Waals surface area contributed by atoms with Gasteiger partial charge in [0.15, 0.2) is 5.78 Å². The number of nitrogens with one attached hydrogen (secondary N) is 1. The van der Waals surface area contributed by atoms with E-state index in [1.807, 2.05) is 26.8 Å². The van der Waals surface area contributed by atoms with E-state index in [2.05, 4.69) is 73.5 Å². The lowest BCUT2D eigenvalue weighted by atomic mass is 9.97. The first-order valence-electron chi connectivity index (χ1n) is 16.3. The van der Waals surface area contributed by atoms with Crippen molar-refractivity contribution < 1.29 is 18.7 Å². The van der Waals surface area contributed by atoms with Gasteiger partial charge in [-0.2, -0.15) is 0 Å². The van der Waals surface area contributed by atoms with E-state index < -0.39 is 0 Å². The highest BCUT2D eigenvalue weighted by molar-refractivity contribution is 5.79. The van der Waals surface area contributed by atoms with Gasteiger partial charge >= 0.3 is 0 Å². The number of carbonyl (C=O) groups excluding carboxylic acids is 1. The highest BCUT2D eigenvalue weighted by Crippen LogP contribution is 2.33. The van der Waals surface area contributed by atoms with E-state index in [9.17, 15) is 9.18 Å². The molecular weight excluding hydrogens is 539 g/mol. The molecule has 1 fully saturated rings. The SMILES string of the molecule is CC.CCOCC(=O)CCc1ccc(NCCc2ccc(CN3C(C)CCC4C=CC=CC3C4)c(OC(C)C)c2)cc1F. The molecule has 4 rings (SSSR count). The molecule has 1 aliphatic heterocycles. The van der Waals surface area contributed by atoms with Gasteiger partial charge in [-0.15, -0.1) is 0 Å². The number of aryl methyl sites for hydroxylation is 1. The zero-order valence-corrected chi connectivity index (χ0v) is 27.2. The third-order valence-electron chi connectivity index (χ3n) is 8.10. The van der Waals surface area contributed by atoms with Gasteiger partial charge < -0.3 is 14.8 Å². The number of allylic oxidation sites excluding steroid dienone is 3. The van der Waals surface area contributed by atoms with E-state index in [0.29, 0.717) is 43.1 Å². The monoisotopic (exact) mass is 592 g/mol. The number of rotatable bonds is 14. The minimum absolute atomic E-state index is 0.00608. The van der Waals surface area contributed by atoms with Gasteiger partial charge in [-0.1, -0.05) is 56.4 Å². The molecule has 0 saturated carbocycles. The smallest absolute Gasteiger partial charge is 0.158 e. The molecule has 2 bridgehead atoms. The number of Topliss-reactive ketones (excluding diaryl/α,β-unsaturated/α-hetero) is 1. The van der Waals surface area contributed by atoms with Crippen molar-refractivity contribution in [3.05, 3.63) is 83.2 Å². The average Bonchev–Trinajstić information content (AvgIpc) is 3.32. The van der Waals surface area contributed by atoms with E-state index in [4.69, 9.17) is 9.47 Å². The van der Waals surface area contributed by atoms with E-state index in [1.54, 1.807) is 6.07 Å². The summed E-state index contributed by atoms with van der Waals surface area (Å²) in [6.45, 7) is 14.5. The first-order chi connectivity index (χ1) is 20.8. The lowest BCUT2D eigenvalue weighted by molar-refractivity contribution is -0.123. The van der Waals surface area contributed by atoms with Gasteiger partial charge in [-0.25, -0.2) is 4.39 Å². The topological polar surface area (TPSA) is 50.8 Å². The van der Waals surface area contributed by atoms with Crippen LogP contribution in [0.3, 0.4) is 0 Å². The molecular formula is C37H53FN2O3. The number of benzene rings is 2. The van der Waals surface area contributed by atoms with Gasteiger partial charge in [0.25, 0.3) is 0 Å². The molecule has 6 heteroatoms. The Labute approximate surface area is 259 Å². The summed E-state index contributed by atoms with van der Waals surface area (Å²) >= 11 is 0. The van der Waals surface area contributed by atoms with Gasteiger partial charge in [-0.05, 0) is 95.0 Å². The van der Waals surface area contributed by atoms with Gasteiger partial charge in [0.05, 0.1) is 6.10 Å². The van der Waals surface area contributed by atoms with Crippen molar-refractivity contribution in [2.45, 2.75) is 105 Å². The molecule has 43 heavy (non-hydrogen) atoms.